The van der Waals surface area contributed by atoms with Crippen LogP contribution in [0.1, 0.15) is 69.9 Å². The van der Waals surface area contributed by atoms with E-state index in [1.165, 1.54) is 49.7 Å². The maximum absolute atomic E-state index is 12.5. The fourth-order valence-electron chi connectivity index (χ4n) is 7.88. The molecule has 0 N–H and O–H groups in total. The van der Waals surface area contributed by atoms with Crippen LogP contribution in [0.25, 0.3) is 5.57 Å². The highest BCUT2D eigenvalue weighted by Gasteiger charge is 2.58. The molecule has 0 aromatic carbocycles. The fourth-order valence-corrected chi connectivity index (χ4v) is 7.88. The number of carbonyl (C=O) groups excluding carboxylic acids is 1. The van der Waals surface area contributed by atoms with Crippen LogP contribution in [-0.4, -0.2) is 29.4 Å². The Bertz CT molecular complexity index is 860. The molecule has 4 aliphatic rings. The van der Waals surface area contributed by atoms with Crippen molar-refractivity contribution in [2.45, 2.75) is 65.7 Å². The van der Waals surface area contributed by atoms with Crippen molar-refractivity contribution < 1.29 is 4.79 Å². The second-order valence-electron chi connectivity index (χ2n) is 11.0. The van der Waals surface area contributed by atoms with E-state index in [4.69, 9.17) is 0 Å². The molecule has 1 aromatic heterocycles. The number of likely N-dealkylation sites (tertiary alicyclic amines) is 1. The topological polar surface area (TPSA) is 33.2 Å². The first-order chi connectivity index (χ1) is 13.8. The minimum absolute atomic E-state index is 0.289. The molecule has 1 aromatic rings. The van der Waals surface area contributed by atoms with Gasteiger partial charge in [0.1, 0.15) is 0 Å². The molecule has 2 heterocycles. The molecular weight excluding hydrogens is 356 g/mol. The van der Waals surface area contributed by atoms with Crippen LogP contribution in [0.15, 0.2) is 24.5 Å². The Kier molecular flexibility index (Phi) is 4.46. The number of fused-ring (bicyclic) bond motifs is 5. The van der Waals surface area contributed by atoms with E-state index in [1.807, 2.05) is 18.1 Å². The van der Waals surface area contributed by atoms with Crippen molar-refractivity contribution in [3.8, 4) is 0 Å². The number of rotatable bonds is 1. The molecule has 156 valence electrons. The molecule has 29 heavy (non-hydrogen) atoms. The zero-order chi connectivity index (χ0) is 20.4. The van der Waals surface area contributed by atoms with Crippen LogP contribution in [0, 0.1) is 41.4 Å². The SMILES string of the molecule is Cc1cncc(C2=CC[C@H]3[C@@H]4CC[C@H]5CC(=O)N(C)CC[C@]5(C)[C@H]4CC[C@]23C)c1. The van der Waals surface area contributed by atoms with Gasteiger partial charge >= 0.3 is 0 Å². The molecule has 3 fully saturated rings. The Morgan fingerprint density at radius 1 is 1.10 bits per heavy atom. The van der Waals surface area contributed by atoms with Gasteiger partial charge in [0, 0.05) is 32.4 Å². The third-order valence-corrected chi connectivity index (χ3v) is 9.66. The van der Waals surface area contributed by atoms with Crippen molar-refractivity contribution in [3.63, 3.8) is 0 Å². The first kappa shape index (κ1) is 19.3. The fraction of sp³-hybridized carbons (Fsp3) is 0.692. The monoisotopic (exact) mass is 392 g/mol. The summed E-state index contributed by atoms with van der Waals surface area (Å²) in [6.07, 6.45) is 14.9. The molecule has 6 atom stereocenters. The summed E-state index contributed by atoms with van der Waals surface area (Å²) in [6, 6.07) is 2.32. The Morgan fingerprint density at radius 3 is 2.72 bits per heavy atom. The van der Waals surface area contributed by atoms with E-state index in [0.29, 0.717) is 17.2 Å². The summed E-state index contributed by atoms with van der Waals surface area (Å²) >= 11 is 0. The Hall–Kier alpha value is -1.64. The third-order valence-electron chi connectivity index (χ3n) is 9.66. The molecule has 3 aliphatic carbocycles. The molecule has 1 aliphatic heterocycles. The minimum atomic E-state index is 0.289. The van der Waals surface area contributed by atoms with E-state index in [0.717, 1.165) is 30.7 Å². The van der Waals surface area contributed by atoms with Crippen LogP contribution in [0.3, 0.4) is 0 Å². The maximum atomic E-state index is 12.5. The minimum Gasteiger partial charge on any atom is -0.346 e. The first-order valence-corrected chi connectivity index (χ1v) is 11.7. The standard InChI is InChI=1S/C26H36N2O/c1-17-13-18(16-27-15-17)21-7-8-22-20-6-5-19-14-24(29)28(4)12-11-25(19,2)23(20)9-10-26(21,22)3/h7,13,15-16,19-20,22-23H,5-6,8-12,14H2,1-4H3/t19-,20-,22-,23-,25-,26+/m0/s1. The van der Waals surface area contributed by atoms with Crippen molar-refractivity contribution in [3.05, 3.63) is 35.7 Å². The van der Waals surface area contributed by atoms with E-state index in [1.54, 1.807) is 5.57 Å². The van der Waals surface area contributed by atoms with Crippen LogP contribution < -0.4 is 0 Å². The smallest absolute Gasteiger partial charge is 0.222 e. The number of aryl methyl sites for hydroxylation is 1. The molecule has 1 amide bonds. The molecule has 1 saturated heterocycles. The highest BCUT2D eigenvalue weighted by Crippen LogP contribution is 2.66. The van der Waals surface area contributed by atoms with Gasteiger partial charge in [-0.1, -0.05) is 19.9 Å². The molecule has 3 nitrogen and oxygen atoms in total. The quantitative estimate of drug-likeness (QED) is 0.633. The lowest BCUT2D eigenvalue weighted by atomic mass is 9.46. The lowest BCUT2D eigenvalue weighted by Crippen LogP contribution is -2.51. The molecule has 0 unspecified atom stereocenters. The summed E-state index contributed by atoms with van der Waals surface area (Å²) in [5.41, 5.74) is 4.77. The molecule has 0 radical (unpaired) electrons. The van der Waals surface area contributed by atoms with Crippen molar-refractivity contribution >= 4 is 11.5 Å². The summed E-state index contributed by atoms with van der Waals surface area (Å²) in [7, 11) is 2.00. The summed E-state index contributed by atoms with van der Waals surface area (Å²) in [4.78, 5) is 19.0. The zero-order valence-corrected chi connectivity index (χ0v) is 18.6. The molecule has 5 rings (SSSR count). The van der Waals surface area contributed by atoms with Crippen molar-refractivity contribution in [1.29, 1.82) is 0 Å². The van der Waals surface area contributed by atoms with Crippen LogP contribution in [0.4, 0.5) is 0 Å². The van der Waals surface area contributed by atoms with Crippen LogP contribution in [-0.2, 0) is 4.79 Å². The van der Waals surface area contributed by atoms with E-state index < -0.39 is 0 Å². The average molecular weight is 393 g/mol. The highest BCUT2D eigenvalue weighted by atomic mass is 16.2. The van der Waals surface area contributed by atoms with E-state index in [9.17, 15) is 4.79 Å². The molecular formula is C26H36N2O. The number of hydrogen-bond acceptors (Lipinski definition) is 2. The predicted molar refractivity (Wildman–Crippen MR) is 117 cm³/mol. The van der Waals surface area contributed by atoms with Crippen molar-refractivity contribution in [2.75, 3.05) is 13.6 Å². The highest BCUT2D eigenvalue weighted by molar-refractivity contribution is 5.76. The number of carbonyl (C=O) groups is 1. The van der Waals surface area contributed by atoms with Gasteiger partial charge < -0.3 is 4.90 Å². The molecule has 3 heteroatoms. The number of aromatic nitrogens is 1. The number of hydrogen-bond donors (Lipinski definition) is 0. The van der Waals surface area contributed by atoms with Gasteiger partial charge in [-0.2, -0.15) is 0 Å². The lowest BCUT2D eigenvalue weighted by molar-refractivity contribution is -0.131. The normalized spacial score (nSPS) is 41.9. The number of nitrogens with zero attached hydrogens (tertiary/aromatic N) is 2. The third kappa shape index (κ3) is 2.83. The van der Waals surface area contributed by atoms with Crippen molar-refractivity contribution in [1.82, 2.24) is 9.88 Å². The largest absolute Gasteiger partial charge is 0.346 e. The Labute approximate surface area is 176 Å². The van der Waals surface area contributed by atoms with Crippen LogP contribution >= 0.6 is 0 Å². The molecule has 2 saturated carbocycles. The van der Waals surface area contributed by atoms with Gasteiger partial charge in [0.05, 0.1) is 0 Å². The van der Waals surface area contributed by atoms with Gasteiger partial charge in [-0.05, 0) is 103 Å². The van der Waals surface area contributed by atoms with Gasteiger partial charge in [-0.15, -0.1) is 0 Å². The summed E-state index contributed by atoms with van der Waals surface area (Å²) < 4.78 is 0. The Balaban J connectivity index is 1.44. The second-order valence-corrected chi connectivity index (χ2v) is 11.0. The van der Waals surface area contributed by atoms with Crippen LogP contribution in [0.5, 0.6) is 0 Å². The van der Waals surface area contributed by atoms with Gasteiger partial charge in [0.15, 0.2) is 0 Å². The molecule has 0 bridgehead atoms. The van der Waals surface area contributed by atoms with Gasteiger partial charge in [0.2, 0.25) is 5.91 Å². The van der Waals surface area contributed by atoms with Crippen molar-refractivity contribution in [2.24, 2.45) is 34.5 Å². The summed E-state index contributed by atoms with van der Waals surface area (Å²) in [5.74, 6) is 3.29. The second kappa shape index (κ2) is 6.68. The van der Waals surface area contributed by atoms with Gasteiger partial charge in [-0.25, -0.2) is 0 Å². The van der Waals surface area contributed by atoms with E-state index in [2.05, 4.69) is 44.1 Å². The lowest BCUT2D eigenvalue weighted by Gasteiger charge is -2.58. The summed E-state index contributed by atoms with van der Waals surface area (Å²) in [6.45, 7) is 8.16. The van der Waals surface area contributed by atoms with Gasteiger partial charge in [0.25, 0.3) is 0 Å². The molecule has 0 spiro atoms. The number of amides is 1. The van der Waals surface area contributed by atoms with Gasteiger partial charge in [-0.3, -0.25) is 9.78 Å². The number of allylic oxidation sites excluding steroid dienone is 2. The average Bonchev–Trinajstić information content (AvgIpc) is 3.00. The number of pyridine rings is 1. The Morgan fingerprint density at radius 2 is 1.93 bits per heavy atom. The summed E-state index contributed by atoms with van der Waals surface area (Å²) in [5, 5.41) is 0. The predicted octanol–water partition coefficient (Wildman–Crippen LogP) is 5.49. The first-order valence-electron chi connectivity index (χ1n) is 11.7. The zero-order valence-electron chi connectivity index (χ0n) is 18.6. The van der Waals surface area contributed by atoms with Crippen LogP contribution in [0.2, 0.25) is 0 Å². The maximum Gasteiger partial charge on any atom is 0.222 e. The van der Waals surface area contributed by atoms with E-state index >= 15 is 0 Å². The van der Waals surface area contributed by atoms with E-state index in [-0.39, 0.29) is 5.41 Å².